The van der Waals surface area contributed by atoms with Crippen molar-refractivity contribution in [2.45, 2.75) is 39.7 Å². The standard InChI is InChI=1S/C23H26N2O4/c1-4-28-20-12-16-10-11-24-19(18(16)13-21(20)29-5-2)14-22(26)25(23(24)27)17-8-6-15(3)7-9-17/h6-9,12-13,19H,4-5,10-11,14H2,1-3H3/t19-/m1/s1. The summed E-state index contributed by atoms with van der Waals surface area (Å²) in [6.45, 7) is 7.49. The monoisotopic (exact) mass is 394 g/mol. The molecular weight excluding hydrogens is 368 g/mol. The van der Waals surface area contributed by atoms with E-state index in [4.69, 9.17) is 9.47 Å². The van der Waals surface area contributed by atoms with Crippen molar-refractivity contribution in [2.75, 3.05) is 24.7 Å². The van der Waals surface area contributed by atoms with E-state index in [9.17, 15) is 9.59 Å². The van der Waals surface area contributed by atoms with Gasteiger partial charge in [-0.1, -0.05) is 17.7 Å². The van der Waals surface area contributed by atoms with Crippen LogP contribution in [-0.2, 0) is 11.2 Å². The zero-order chi connectivity index (χ0) is 20.5. The van der Waals surface area contributed by atoms with E-state index in [2.05, 4.69) is 0 Å². The number of hydrogen-bond donors (Lipinski definition) is 0. The number of benzene rings is 2. The Hall–Kier alpha value is -3.02. The fourth-order valence-electron chi connectivity index (χ4n) is 4.13. The minimum Gasteiger partial charge on any atom is -0.490 e. The molecule has 1 fully saturated rings. The Labute approximate surface area is 171 Å². The number of anilines is 1. The SMILES string of the molecule is CCOc1cc2c(cc1OCC)[C@H]1CC(=O)N(c3ccc(C)cc3)C(=O)N1CC2. The molecule has 0 unspecified atom stereocenters. The fourth-order valence-corrected chi connectivity index (χ4v) is 4.13. The largest absolute Gasteiger partial charge is 0.490 e. The number of amides is 3. The van der Waals surface area contributed by atoms with Crippen LogP contribution in [0.3, 0.4) is 0 Å². The number of carbonyl (C=O) groups is 2. The molecule has 3 amide bonds. The first-order chi connectivity index (χ1) is 14.0. The third kappa shape index (κ3) is 3.43. The molecule has 0 aromatic heterocycles. The van der Waals surface area contributed by atoms with Crippen LogP contribution in [0, 0.1) is 6.92 Å². The minimum atomic E-state index is -0.268. The van der Waals surface area contributed by atoms with E-state index in [0.717, 1.165) is 28.9 Å². The zero-order valence-electron chi connectivity index (χ0n) is 17.1. The molecular formula is C23H26N2O4. The normalized spacial score (nSPS) is 18.4. The molecule has 0 radical (unpaired) electrons. The van der Waals surface area contributed by atoms with Gasteiger partial charge in [-0.2, -0.15) is 0 Å². The number of urea groups is 1. The maximum atomic E-state index is 13.2. The van der Waals surface area contributed by atoms with Crippen molar-refractivity contribution < 1.29 is 19.1 Å². The van der Waals surface area contributed by atoms with Crippen LogP contribution >= 0.6 is 0 Å². The summed E-state index contributed by atoms with van der Waals surface area (Å²) in [7, 11) is 0. The Morgan fingerprint density at radius 2 is 1.66 bits per heavy atom. The lowest BCUT2D eigenvalue weighted by Gasteiger charge is -2.43. The number of fused-ring (bicyclic) bond motifs is 3. The Kier molecular flexibility index (Phi) is 5.18. The molecule has 4 rings (SSSR count). The smallest absolute Gasteiger partial charge is 0.331 e. The molecule has 2 aromatic carbocycles. The first-order valence-electron chi connectivity index (χ1n) is 10.2. The topological polar surface area (TPSA) is 59.1 Å². The van der Waals surface area contributed by atoms with Gasteiger partial charge in [0.05, 0.1) is 31.4 Å². The van der Waals surface area contributed by atoms with Crippen LogP contribution in [0.1, 0.15) is 43.0 Å². The molecule has 1 atom stereocenters. The van der Waals surface area contributed by atoms with E-state index in [0.29, 0.717) is 31.2 Å². The van der Waals surface area contributed by atoms with Crippen LogP contribution < -0.4 is 14.4 Å². The number of hydrogen-bond acceptors (Lipinski definition) is 4. The predicted octanol–water partition coefficient (Wildman–Crippen LogP) is 4.25. The van der Waals surface area contributed by atoms with Gasteiger partial charge < -0.3 is 14.4 Å². The molecule has 2 aliphatic rings. The highest BCUT2D eigenvalue weighted by Crippen LogP contribution is 2.42. The highest BCUT2D eigenvalue weighted by Gasteiger charge is 2.43. The van der Waals surface area contributed by atoms with E-state index < -0.39 is 0 Å². The van der Waals surface area contributed by atoms with Gasteiger partial charge in [-0.05, 0) is 62.6 Å². The van der Waals surface area contributed by atoms with Crippen molar-refractivity contribution in [3.8, 4) is 11.5 Å². The lowest BCUT2D eigenvalue weighted by molar-refractivity contribution is -0.120. The van der Waals surface area contributed by atoms with Crippen molar-refractivity contribution in [1.29, 1.82) is 0 Å². The van der Waals surface area contributed by atoms with Crippen molar-refractivity contribution in [1.82, 2.24) is 4.90 Å². The summed E-state index contributed by atoms with van der Waals surface area (Å²) in [6, 6.07) is 10.9. The van der Waals surface area contributed by atoms with Gasteiger partial charge in [0.25, 0.3) is 0 Å². The quantitative estimate of drug-likeness (QED) is 0.761. The summed E-state index contributed by atoms with van der Waals surface area (Å²) < 4.78 is 11.5. The van der Waals surface area contributed by atoms with Gasteiger partial charge in [0.15, 0.2) is 11.5 Å². The van der Waals surface area contributed by atoms with Gasteiger partial charge in [-0.25, -0.2) is 9.69 Å². The second kappa shape index (κ2) is 7.78. The summed E-state index contributed by atoms with van der Waals surface area (Å²) in [5, 5.41) is 0. The zero-order valence-corrected chi connectivity index (χ0v) is 17.1. The molecule has 0 bridgehead atoms. The lowest BCUT2D eigenvalue weighted by Crippen LogP contribution is -2.55. The van der Waals surface area contributed by atoms with E-state index in [-0.39, 0.29) is 24.4 Å². The first kappa shape index (κ1) is 19.3. The van der Waals surface area contributed by atoms with Crippen molar-refractivity contribution >= 4 is 17.6 Å². The summed E-state index contributed by atoms with van der Waals surface area (Å²) >= 11 is 0. The maximum absolute atomic E-state index is 13.2. The molecule has 1 saturated heterocycles. The maximum Gasteiger partial charge on any atom is 0.331 e. The van der Waals surface area contributed by atoms with Crippen LogP contribution in [-0.4, -0.2) is 36.6 Å². The van der Waals surface area contributed by atoms with Crippen LogP contribution in [0.4, 0.5) is 10.5 Å². The summed E-state index contributed by atoms with van der Waals surface area (Å²) in [4.78, 5) is 29.3. The molecule has 6 heteroatoms. The van der Waals surface area contributed by atoms with E-state index in [1.165, 1.54) is 4.90 Å². The Balaban J connectivity index is 1.69. The molecule has 0 N–H and O–H groups in total. The average Bonchev–Trinajstić information content (AvgIpc) is 2.70. The number of nitrogens with zero attached hydrogens (tertiary/aromatic N) is 2. The summed E-state index contributed by atoms with van der Waals surface area (Å²) in [5.74, 6) is 1.20. The summed E-state index contributed by atoms with van der Waals surface area (Å²) in [6.07, 6.45) is 0.978. The molecule has 0 aliphatic carbocycles. The third-order valence-corrected chi connectivity index (χ3v) is 5.51. The molecule has 2 aromatic rings. The van der Waals surface area contributed by atoms with Gasteiger partial charge in [0.1, 0.15) is 0 Å². The highest BCUT2D eigenvalue weighted by atomic mass is 16.5. The van der Waals surface area contributed by atoms with Crippen molar-refractivity contribution in [3.05, 3.63) is 53.1 Å². The molecule has 0 saturated carbocycles. The van der Waals surface area contributed by atoms with Gasteiger partial charge in [0.2, 0.25) is 5.91 Å². The van der Waals surface area contributed by atoms with Gasteiger partial charge in [-0.3, -0.25) is 4.79 Å². The number of ether oxygens (including phenoxy) is 2. The van der Waals surface area contributed by atoms with Gasteiger partial charge in [0, 0.05) is 6.54 Å². The van der Waals surface area contributed by atoms with Crippen LogP contribution in [0.2, 0.25) is 0 Å². The number of rotatable bonds is 5. The predicted molar refractivity (Wildman–Crippen MR) is 111 cm³/mol. The van der Waals surface area contributed by atoms with Crippen molar-refractivity contribution in [3.63, 3.8) is 0 Å². The van der Waals surface area contributed by atoms with Crippen LogP contribution in [0.5, 0.6) is 11.5 Å². The molecule has 152 valence electrons. The van der Waals surface area contributed by atoms with Crippen molar-refractivity contribution in [2.24, 2.45) is 0 Å². The van der Waals surface area contributed by atoms with Gasteiger partial charge >= 0.3 is 6.03 Å². The van der Waals surface area contributed by atoms with E-state index in [1.807, 2.05) is 57.2 Å². The first-order valence-corrected chi connectivity index (χ1v) is 10.2. The minimum absolute atomic E-state index is 0.181. The highest BCUT2D eigenvalue weighted by molar-refractivity contribution is 6.16. The molecule has 2 heterocycles. The number of carbonyl (C=O) groups excluding carboxylic acids is 2. The lowest BCUT2D eigenvalue weighted by atomic mass is 9.88. The Morgan fingerprint density at radius 3 is 2.31 bits per heavy atom. The average molecular weight is 394 g/mol. The second-order valence-electron chi connectivity index (χ2n) is 7.37. The summed E-state index contributed by atoms with van der Waals surface area (Å²) in [5.41, 5.74) is 3.80. The van der Waals surface area contributed by atoms with E-state index >= 15 is 0 Å². The Bertz CT molecular complexity index is 939. The second-order valence-corrected chi connectivity index (χ2v) is 7.37. The molecule has 29 heavy (non-hydrogen) atoms. The fraction of sp³-hybridized carbons (Fsp3) is 0.391. The molecule has 2 aliphatic heterocycles. The van der Waals surface area contributed by atoms with Gasteiger partial charge in [-0.15, -0.1) is 0 Å². The number of imide groups is 1. The van der Waals surface area contributed by atoms with E-state index in [1.54, 1.807) is 4.90 Å². The number of aryl methyl sites for hydroxylation is 1. The Morgan fingerprint density at radius 1 is 1.00 bits per heavy atom. The van der Waals surface area contributed by atoms with Crippen LogP contribution in [0.15, 0.2) is 36.4 Å². The third-order valence-electron chi connectivity index (χ3n) is 5.51. The molecule has 0 spiro atoms. The molecule has 6 nitrogen and oxygen atoms in total. The van der Waals surface area contributed by atoms with Crippen LogP contribution in [0.25, 0.3) is 0 Å².